The molecular weight excluding hydrogens is 276 g/mol. The van der Waals surface area contributed by atoms with E-state index in [-0.39, 0.29) is 11.6 Å². The van der Waals surface area contributed by atoms with Crippen LogP contribution in [0.15, 0.2) is 12.1 Å². The van der Waals surface area contributed by atoms with Gasteiger partial charge in [0, 0.05) is 19.1 Å². The van der Waals surface area contributed by atoms with Gasteiger partial charge in [0.25, 0.3) is 5.91 Å². The van der Waals surface area contributed by atoms with Crippen molar-refractivity contribution in [3.8, 4) is 0 Å². The van der Waals surface area contributed by atoms with Crippen molar-refractivity contribution in [1.29, 1.82) is 0 Å². The van der Waals surface area contributed by atoms with Gasteiger partial charge < -0.3 is 15.5 Å². The lowest BCUT2D eigenvalue weighted by Crippen LogP contribution is -2.38. The van der Waals surface area contributed by atoms with Crippen LogP contribution in [0.2, 0.25) is 5.02 Å². The van der Waals surface area contributed by atoms with Crippen molar-refractivity contribution in [2.45, 2.75) is 25.8 Å². The number of carbonyl (C=O) groups excluding carboxylic acids is 1. The maximum Gasteiger partial charge on any atom is 0.271 e. The van der Waals surface area contributed by atoms with E-state index in [1.807, 2.05) is 6.92 Å². The molecule has 1 aliphatic heterocycles. The van der Waals surface area contributed by atoms with Crippen LogP contribution in [0, 0.1) is 0 Å². The topological polar surface area (TPSA) is 57.3 Å². The molecule has 2 rings (SSSR count). The van der Waals surface area contributed by atoms with E-state index in [2.05, 4.69) is 27.6 Å². The van der Waals surface area contributed by atoms with Gasteiger partial charge in [0.15, 0.2) is 0 Å². The third kappa shape index (κ3) is 3.61. The average Bonchev–Trinajstić information content (AvgIpc) is 2.84. The second kappa shape index (κ2) is 6.90. The zero-order valence-electron chi connectivity index (χ0n) is 11.9. The van der Waals surface area contributed by atoms with Gasteiger partial charge in [0.05, 0.1) is 5.02 Å². The number of amides is 1. The molecule has 0 radical (unpaired) electrons. The van der Waals surface area contributed by atoms with Gasteiger partial charge >= 0.3 is 0 Å². The van der Waals surface area contributed by atoms with E-state index >= 15 is 0 Å². The average molecular weight is 297 g/mol. The molecule has 1 aliphatic rings. The number of hydrogen-bond donors (Lipinski definition) is 2. The Morgan fingerprint density at radius 3 is 3.00 bits per heavy atom. The Labute approximate surface area is 124 Å². The Morgan fingerprint density at radius 1 is 1.55 bits per heavy atom. The molecule has 0 saturated carbocycles. The Hall–Kier alpha value is -1.33. The lowest BCUT2D eigenvalue weighted by atomic mass is 10.2. The summed E-state index contributed by atoms with van der Waals surface area (Å²) >= 11 is 6.05. The molecule has 0 aromatic carbocycles. The number of likely N-dealkylation sites (tertiary alicyclic amines) is 1. The monoisotopic (exact) mass is 296 g/mol. The van der Waals surface area contributed by atoms with Gasteiger partial charge in [-0.15, -0.1) is 0 Å². The summed E-state index contributed by atoms with van der Waals surface area (Å²) in [6.07, 6.45) is 2.31. The number of nitrogens with one attached hydrogen (secondary N) is 2. The minimum absolute atomic E-state index is 0.213. The predicted molar refractivity (Wildman–Crippen MR) is 81.4 cm³/mol. The fourth-order valence-corrected chi connectivity index (χ4v) is 2.60. The van der Waals surface area contributed by atoms with Gasteiger partial charge in [-0.3, -0.25) is 4.79 Å². The van der Waals surface area contributed by atoms with Crippen molar-refractivity contribution < 1.29 is 4.79 Å². The van der Waals surface area contributed by atoms with Crippen LogP contribution in [-0.2, 0) is 0 Å². The van der Waals surface area contributed by atoms with Crippen LogP contribution in [0.4, 0.5) is 5.82 Å². The first-order valence-electron chi connectivity index (χ1n) is 7.00. The molecule has 0 aliphatic carbocycles. The highest BCUT2D eigenvalue weighted by Crippen LogP contribution is 2.17. The summed E-state index contributed by atoms with van der Waals surface area (Å²) in [5.41, 5.74) is 0.283. The summed E-state index contributed by atoms with van der Waals surface area (Å²) in [6, 6.07) is 3.88. The van der Waals surface area contributed by atoms with Crippen molar-refractivity contribution in [3.05, 3.63) is 22.8 Å². The van der Waals surface area contributed by atoms with Crippen molar-refractivity contribution in [2.75, 3.05) is 32.0 Å². The van der Waals surface area contributed by atoms with Crippen molar-refractivity contribution in [3.63, 3.8) is 0 Å². The Bertz CT molecular complexity index is 480. The van der Waals surface area contributed by atoms with E-state index in [1.54, 1.807) is 12.1 Å². The molecule has 0 spiro atoms. The Morgan fingerprint density at radius 2 is 2.35 bits per heavy atom. The second-order valence-electron chi connectivity index (χ2n) is 5.04. The summed E-state index contributed by atoms with van der Waals surface area (Å²) in [5.74, 6) is 0.454. The normalized spacial score (nSPS) is 19.1. The van der Waals surface area contributed by atoms with Crippen LogP contribution >= 0.6 is 11.6 Å². The molecule has 20 heavy (non-hydrogen) atoms. The zero-order valence-corrected chi connectivity index (χ0v) is 12.7. The number of nitrogens with zero attached hydrogens (tertiary/aromatic N) is 2. The smallest absolute Gasteiger partial charge is 0.271 e. The second-order valence-corrected chi connectivity index (χ2v) is 5.45. The largest absolute Gasteiger partial charge is 0.370 e. The lowest BCUT2D eigenvalue weighted by Gasteiger charge is -2.19. The van der Waals surface area contributed by atoms with Gasteiger partial charge in [-0.2, -0.15) is 0 Å². The van der Waals surface area contributed by atoms with Crippen LogP contribution in [-0.4, -0.2) is 48.5 Å². The molecule has 1 unspecified atom stereocenters. The standard InChI is InChI=1S/C14H21ClN4O/c1-3-16-12-7-6-11(15)13(18-12)14(20)17-9-10-5-4-8-19(10)2/h6-7,10H,3-5,8-9H2,1-2H3,(H,16,18)(H,17,20). The first-order chi connectivity index (χ1) is 9.61. The molecule has 1 atom stereocenters. The van der Waals surface area contributed by atoms with Crippen LogP contribution < -0.4 is 10.6 Å². The molecule has 2 N–H and O–H groups in total. The molecule has 0 bridgehead atoms. The number of rotatable bonds is 5. The van der Waals surface area contributed by atoms with Crippen LogP contribution in [0.5, 0.6) is 0 Å². The number of pyridine rings is 1. The van der Waals surface area contributed by atoms with Crippen molar-refractivity contribution >= 4 is 23.3 Å². The molecule has 1 saturated heterocycles. The summed E-state index contributed by atoms with van der Waals surface area (Å²) < 4.78 is 0. The van der Waals surface area contributed by atoms with Crippen LogP contribution in [0.25, 0.3) is 0 Å². The van der Waals surface area contributed by atoms with E-state index in [0.29, 0.717) is 23.4 Å². The summed E-state index contributed by atoms with van der Waals surface area (Å²) in [5, 5.41) is 6.38. The lowest BCUT2D eigenvalue weighted by molar-refractivity contribution is 0.0939. The molecule has 110 valence electrons. The maximum absolute atomic E-state index is 12.2. The van der Waals surface area contributed by atoms with E-state index < -0.39 is 0 Å². The fraction of sp³-hybridized carbons (Fsp3) is 0.571. The SMILES string of the molecule is CCNc1ccc(Cl)c(C(=O)NCC2CCCN2C)n1. The number of carbonyl (C=O) groups is 1. The van der Waals surface area contributed by atoms with Gasteiger partial charge in [0.2, 0.25) is 0 Å². The molecule has 1 aromatic heterocycles. The summed E-state index contributed by atoms with van der Waals surface area (Å²) in [4.78, 5) is 18.7. The molecule has 6 heteroatoms. The summed E-state index contributed by atoms with van der Waals surface area (Å²) in [7, 11) is 2.08. The van der Waals surface area contributed by atoms with E-state index in [1.165, 1.54) is 6.42 Å². The number of aromatic nitrogens is 1. The van der Waals surface area contributed by atoms with Crippen molar-refractivity contribution in [1.82, 2.24) is 15.2 Å². The zero-order chi connectivity index (χ0) is 14.5. The van der Waals surface area contributed by atoms with Gasteiger partial charge in [-0.25, -0.2) is 4.98 Å². The molecule has 2 heterocycles. The van der Waals surface area contributed by atoms with Gasteiger partial charge in [0.1, 0.15) is 11.5 Å². The molecule has 1 aromatic rings. The van der Waals surface area contributed by atoms with Gasteiger partial charge in [-0.05, 0) is 45.5 Å². The van der Waals surface area contributed by atoms with Gasteiger partial charge in [-0.1, -0.05) is 11.6 Å². The highest BCUT2D eigenvalue weighted by molar-refractivity contribution is 6.33. The minimum atomic E-state index is -0.213. The highest BCUT2D eigenvalue weighted by Gasteiger charge is 2.22. The quantitative estimate of drug-likeness (QED) is 0.872. The third-order valence-corrected chi connectivity index (χ3v) is 3.89. The molecule has 1 fully saturated rings. The first kappa shape index (κ1) is 15.1. The van der Waals surface area contributed by atoms with E-state index in [9.17, 15) is 4.79 Å². The summed E-state index contributed by atoms with van der Waals surface area (Å²) in [6.45, 7) is 4.46. The van der Waals surface area contributed by atoms with Crippen LogP contribution in [0.1, 0.15) is 30.3 Å². The Kier molecular flexibility index (Phi) is 5.20. The van der Waals surface area contributed by atoms with Crippen molar-refractivity contribution in [2.24, 2.45) is 0 Å². The minimum Gasteiger partial charge on any atom is -0.370 e. The fourth-order valence-electron chi connectivity index (χ4n) is 2.41. The highest BCUT2D eigenvalue weighted by atomic mass is 35.5. The number of anilines is 1. The first-order valence-corrected chi connectivity index (χ1v) is 7.38. The third-order valence-electron chi connectivity index (χ3n) is 3.59. The molecule has 1 amide bonds. The number of hydrogen-bond acceptors (Lipinski definition) is 4. The molecular formula is C14H21ClN4O. The van der Waals surface area contributed by atoms with Crippen LogP contribution in [0.3, 0.4) is 0 Å². The maximum atomic E-state index is 12.2. The van der Waals surface area contributed by atoms with E-state index in [4.69, 9.17) is 11.6 Å². The Balaban J connectivity index is 1.99. The predicted octanol–water partition coefficient (Wildman–Crippen LogP) is 1.99. The van der Waals surface area contributed by atoms with E-state index in [0.717, 1.165) is 19.5 Å². The number of likely N-dealkylation sites (N-methyl/N-ethyl adjacent to an activating group) is 1. The number of halogens is 1. The molecule has 5 nitrogen and oxygen atoms in total.